The largest absolute Gasteiger partial charge is 0.457 e. The number of ether oxygens (including phenoxy) is 2. The van der Waals surface area contributed by atoms with Crippen LogP contribution in [0.2, 0.25) is 0 Å². The van der Waals surface area contributed by atoms with E-state index in [0.29, 0.717) is 31.6 Å². The fraction of sp³-hybridized carbons (Fsp3) is 0.773. The Morgan fingerprint density at radius 3 is 2.56 bits per heavy atom. The first kappa shape index (κ1) is 20.6. The first-order valence-electron chi connectivity index (χ1n) is 10.1. The van der Waals surface area contributed by atoms with Gasteiger partial charge >= 0.3 is 5.97 Å². The van der Waals surface area contributed by atoms with E-state index in [4.69, 9.17) is 9.47 Å². The van der Waals surface area contributed by atoms with Crippen molar-refractivity contribution in [2.24, 2.45) is 23.7 Å². The molecule has 0 spiro atoms. The molecular formula is C22H34O5. The lowest BCUT2D eigenvalue weighted by Crippen LogP contribution is -2.52. The third-order valence-corrected chi connectivity index (χ3v) is 7.02. The van der Waals surface area contributed by atoms with Gasteiger partial charge in [-0.05, 0) is 55.6 Å². The smallest absolute Gasteiger partial charge is 0.303 e. The Balaban J connectivity index is 2.08. The third kappa shape index (κ3) is 3.62. The summed E-state index contributed by atoms with van der Waals surface area (Å²) >= 11 is 0. The van der Waals surface area contributed by atoms with Crippen molar-refractivity contribution in [2.75, 3.05) is 0 Å². The van der Waals surface area contributed by atoms with Gasteiger partial charge in [0.25, 0.3) is 0 Å². The number of carbonyl (C=O) groups excluding carboxylic acids is 1. The molecule has 3 aliphatic rings. The number of aliphatic hydroxyl groups is 2. The van der Waals surface area contributed by atoms with E-state index in [1.165, 1.54) is 6.92 Å². The van der Waals surface area contributed by atoms with E-state index in [1.54, 1.807) is 0 Å². The molecular weight excluding hydrogens is 344 g/mol. The number of carbonyl (C=O) groups is 1. The average Bonchev–Trinajstić information content (AvgIpc) is 2.95. The zero-order chi connectivity index (χ0) is 20.1. The summed E-state index contributed by atoms with van der Waals surface area (Å²) in [7, 11) is 0. The normalized spacial score (nSPS) is 45.1. The van der Waals surface area contributed by atoms with Gasteiger partial charge < -0.3 is 19.7 Å². The summed E-state index contributed by atoms with van der Waals surface area (Å²) < 4.78 is 12.4. The SMILES string of the molecule is C=C1C[C@H]2O[C@H]([C@H]3[C@@H]2C(=C)[C@@H](O)C[C@@H]3C(C)C)[C@](C)(OC(C)=O)CC[C@@H]1O. The van der Waals surface area contributed by atoms with E-state index in [1.807, 2.05) is 6.92 Å². The third-order valence-electron chi connectivity index (χ3n) is 7.02. The van der Waals surface area contributed by atoms with Crippen LogP contribution in [0.4, 0.5) is 0 Å². The van der Waals surface area contributed by atoms with Gasteiger partial charge in [-0.15, -0.1) is 0 Å². The topological polar surface area (TPSA) is 76.0 Å². The van der Waals surface area contributed by atoms with Gasteiger partial charge in [0.05, 0.1) is 18.3 Å². The Kier molecular flexibility index (Phi) is 5.59. The minimum absolute atomic E-state index is 0.0249. The highest BCUT2D eigenvalue weighted by Crippen LogP contribution is 2.55. The Morgan fingerprint density at radius 2 is 1.96 bits per heavy atom. The summed E-state index contributed by atoms with van der Waals surface area (Å²) in [4.78, 5) is 11.9. The van der Waals surface area contributed by atoms with Crippen molar-refractivity contribution >= 4 is 5.97 Å². The molecule has 2 aliphatic heterocycles. The van der Waals surface area contributed by atoms with Gasteiger partial charge in [-0.1, -0.05) is 27.0 Å². The molecule has 152 valence electrons. The lowest BCUT2D eigenvalue weighted by molar-refractivity contribution is -0.179. The van der Waals surface area contributed by atoms with Crippen LogP contribution in [0.1, 0.15) is 53.4 Å². The number of hydrogen-bond acceptors (Lipinski definition) is 5. The van der Waals surface area contributed by atoms with Crippen molar-refractivity contribution in [3.8, 4) is 0 Å². The molecule has 27 heavy (non-hydrogen) atoms. The molecule has 1 aliphatic carbocycles. The molecule has 2 N–H and O–H groups in total. The molecule has 8 atom stereocenters. The van der Waals surface area contributed by atoms with E-state index in [2.05, 4.69) is 27.0 Å². The van der Waals surface area contributed by atoms with Crippen molar-refractivity contribution in [3.63, 3.8) is 0 Å². The molecule has 2 bridgehead atoms. The van der Waals surface area contributed by atoms with Crippen LogP contribution in [0.15, 0.2) is 24.3 Å². The highest BCUT2D eigenvalue weighted by atomic mass is 16.6. The predicted octanol–water partition coefficient (Wildman–Crippen LogP) is 3.00. The zero-order valence-electron chi connectivity index (χ0n) is 17.0. The van der Waals surface area contributed by atoms with Crippen molar-refractivity contribution in [3.05, 3.63) is 24.3 Å². The second-order valence-electron chi connectivity index (χ2n) is 9.26. The highest BCUT2D eigenvalue weighted by Gasteiger charge is 2.60. The molecule has 2 heterocycles. The second-order valence-corrected chi connectivity index (χ2v) is 9.26. The van der Waals surface area contributed by atoms with Crippen LogP contribution < -0.4 is 0 Å². The molecule has 0 unspecified atom stereocenters. The summed E-state index contributed by atoms with van der Waals surface area (Å²) in [5.41, 5.74) is 0.711. The average molecular weight is 379 g/mol. The van der Waals surface area contributed by atoms with E-state index in [9.17, 15) is 15.0 Å². The van der Waals surface area contributed by atoms with Crippen molar-refractivity contribution in [2.45, 2.75) is 83.4 Å². The minimum Gasteiger partial charge on any atom is -0.457 e. The number of aliphatic hydroxyl groups excluding tert-OH is 2. The van der Waals surface area contributed by atoms with Crippen LogP contribution in [0.5, 0.6) is 0 Å². The maximum atomic E-state index is 11.9. The first-order chi connectivity index (χ1) is 12.5. The molecule has 0 aromatic heterocycles. The number of rotatable bonds is 2. The minimum atomic E-state index is -0.829. The van der Waals surface area contributed by atoms with Gasteiger partial charge in [-0.25, -0.2) is 0 Å². The van der Waals surface area contributed by atoms with Gasteiger partial charge in [-0.3, -0.25) is 4.79 Å². The quantitative estimate of drug-likeness (QED) is 0.571. The Hall–Kier alpha value is -1.17. The van der Waals surface area contributed by atoms with Crippen LogP contribution in [0.25, 0.3) is 0 Å². The predicted molar refractivity (Wildman–Crippen MR) is 103 cm³/mol. The lowest BCUT2D eigenvalue weighted by atomic mass is 9.60. The molecule has 0 radical (unpaired) electrons. The van der Waals surface area contributed by atoms with Crippen LogP contribution >= 0.6 is 0 Å². The van der Waals surface area contributed by atoms with E-state index in [0.717, 1.165) is 11.1 Å². The van der Waals surface area contributed by atoms with Crippen molar-refractivity contribution in [1.82, 2.24) is 0 Å². The number of fused-ring (bicyclic) bond motifs is 5. The van der Waals surface area contributed by atoms with Crippen molar-refractivity contribution in [1.29, 1.82) is 0 Å². The molecule has 3 rings (SSSR count). The van der Waals surface area contributed by atoms with Crippen LogP contribution in [-0.4, -0.2) is 46.2 Å². The van der Waals surface area contributed by atoms with Gasteiger partial charge in [-0.2, -0.15) is 0 Å². The van der Waals surface area contributed by atoms with Crippen LogP contribution in [0.3, 0.4) is 0 Å². The molecule has 0 amide bonds. The second kappa shape index (κ2) is 7.34. The van der Waals surface area contributed by atoms with Gasteiger partial charge in [0.1, 0.15) is 11.7 Å². The maximum Gasteiger partial charge on any atom is 0.303 e. The van der Waals surface area contributed by atoms with E-state index in [-0.39, 0.29) is 35.9 Å². The summed E-state index contributed by atoms with van der Waals surface area (Å²) in [5.74, 6) is 0.368. The zero-order valence-corrected chi connectivity index (χ0v) is 17.0. The maximum absolute atomic E-state index is 11.9. The highest BCUT2D eigenvalue weighted by molar-refractivity contribution is 5.66. The van der Waals surface area contributed by atoms with Crippen LogP contribution in [0, 0.1) is 23.7 Å². The monoisotopic (exact) mass is 378 g/mol. The Morgan fingerprint density at radius 1 is 1.30 bits per heavy atom. The number of esters is 1. The number of hydrogen-bond donors (Lipinski definition) is 2. The molecule has 5 heteroatoms. The van der Waals surface area contributed by atoms with Crippen LogP contribution in [-0.2, 0) is 14.3 Å². The summed E-state index contributed by atoms with van der Waals surface area (Å²) in [6.45, 7) is 16.0. The van der Waals surface area contributed by atoms with E-state index < -0.39 is 17.8 Å². The molecule has 0 aromatic rings. The molecule has 1 saturated carbocycles. The Bertz CT molecular complexity index is 626. The fourth-order valence-electron chi connectivity index (χ4n) is 5.61. The molecule has 3 fully saturated rings. The van der Waals surface area contributed by atoms with Gasteiger partial charge in [0.15, 0.2) is 0 Å². The molecule has 2 saturated heterocycles. The lowest BCUT2D eigenvalue weighted by Gasteiger charge is -2.46. The van der Waals surface area contributed by atoms with Gasteiger partial charge in [0.2, 0.25) is 0 Å². The van der Waals surface area contributed by atoms with Crippen molar-refractivity contribution < 1.29 is 24.5 Å². The van der Waals surface area contributed by atoms with E-state index >= 15 is 0 Å². The Labute approximate surface area is 162 Å². The fourth-order valence-corrected chi connectivity index (χ4v) is 5.61. The standard InChI is InChI=1S/C22H34O5/c1-11(2)15-10-17(25)13(4)19-18-9-12(3)16(24)7-8-22(6,27-14(5)23)21(26-18)20(15)19/h11,15-21,24-25H,3-4,7-10H2,1-2,5-6H3/t15-,16+,17+,18-,19-,20-,21-,22-/m1/s1. The van der Waals surface area contributed by atoms with Gasteiger partial charge in [0, 0.05) is 18.8 Å². The summed E-state index contributed by atoms with van der Waals surface area (Å²) in [5, 5.41) is 21.1. The molecule has 5 nitrogen and oxygen atoms in total. The summed E-state index contributed by atoms with van der Waals surface area (Å²) in [6, 6.07) is 0. The first-order valence-corrected chi connectivity index (χ1v) is 10.1. The summed E-state index contributed by atoms with van der Waals surface area (Å²) in [6.07, 6.45) is 0.490. The molecule has 0 aromatic carbocycles.